The summed E-state index contributed by atoms with van der Waals surface area (Å²) in [6, 6.07) is 0. The Morgan fingerprint density at radius 1 is 1.16 bits per heavy atom. The second kappa shape index (κ2) is 3.85. The molecule has 0 spiro atoms. The van der Waals surface area contributed by atoms with Gasteiger partial charge in [-0.3, -0.25) is 0 Å². The Labute approximate surface area is 116 Å². The normalized spacial score (nSPS) is 61.1. The summed E-state index contributed by atoms with van der Waals surface area (Å²) in [7, 11) is 0. The van der Waals surface area contributed by atoms with Crippen LogP contribution in [0.2, 0.25) is 0 Å². The molecular formula is C17H28O2. The monoisotopic (exact) mass is 264 g/mol. The molecule has 3 rings (SSSR count). The Hall–Kier alpha value is -0.340. The van der Waals surface area contributed by atoms with Crippen LogP contribution in [0.25, 0.3) is 0 Å². The smallest absolute Gasteiger partial charge is 0.0857 e. The van der Waals surface area contributed by atoms with Gasteiger partial charge in [-0.25, -0.2) is 0 Å². The van der Waals surface area contributed by atoms with Crippen molar-refractivity contribution in [3.8, 4) is 0 Å². The molecule has 2 nitrogen and oxygen atoms in total. The van der Waals surface area contributed by atoms with Crippen molar-refractivity contribution in [1.82, 2.24) is 0 Å². The first-order chi connectivity index (χ1) is 8.69. The van der Waals surface area contributed by atoms with Crippen molar-refractivity contribution in [2.45, 2.75) is 58.7 Å². The average Bonchev–Trinajstić information content (AvgIpc) is 2.37. The van der Waals surface area contributed by atoms with E-state index in [1.54, 1.807) is 0 Å². The van der Waals surface area contributed by atoms with Crippen LogP contribution in [0.1, 0.15) is 47.0 Å². The van der Waals surface area contributed by atoms with Crippen LogP contribution in [0.3, 0.4) is 0 Å². The number of fused-ring (bicyclic) bond motifs is 2. The Kier molecular flexibility index (Phi) is 2.77. The molecule has 2 heteroatoms. The van der Waals surface area contributed by atoms with E-state index in [2.05, 4.69) is 27.4 Å². The molecule has 108 valence electrons. The predicted octanol–water partition coefficient (Wildman–Crippen LogP) is 2.99. The maximum absolute atomic E-state index is 10.7. The van der Waals surface area contributed by atoms with Gasteiger partial charge in [0.15, 0.2) is 0 Å². The van der Waals surface area contributed by atoms with Crippen molar-refractivity contribution in [1.29, 1.82) is 0 Å². The number of aliphatic hydroxyl groups is 2. The Bertz CT molecular complexity index is 413. The number of hydrogen-bond acceptors (Lipinski definition) is 2. The minimum absolute atomic E-state index is 0.0122. The quantitative estimate of drug-likeness (QED) is 0.660. The molecule has 0 aromatic rings. The third kappa shape index (κ3) is 1.56. The van der Waals surface area contributed by atoms with Gasteiger partial charge in [0.05, 0.1) is 11.7 Å². The van der Waals surface area contributed by atoms with E-state index in [9.17, 15) is 10.2 Å². The van der Waals surface area contributed by atoms with Gasteiger partial charge in [-0.05, 0) is 66.8 Å². The van der Waals surface area contributed by atoms with Gasteiger partial charge in [-0.15, -0.1) is 0 Å². The lowest BCUT2D eigenvalue weighted by Gasteiger charge is -2.63. The average molecular weight is 264 g/mol. The molecule has 8 atom stereocenters. The van der Waals surface area contributed by atoms with E-state index in [1.807, 2.05) is 6.92 Å². The van der Waals surface area contributed by atoms with E-state index >= 15 is 0 Å². The summed E-state index contributed by atoms with van der Waals surface area (Å²) in [5.74, 6) is 2.50. The van der Waals surface area contributed by atoms with E-state index in [0.717, 1.165) is 18.4 Å². The molecule has 3 saturated carbocycles. The Morgan fingerprint density at radius 3 is 2.42 bits per heavy atom. The van der Waals surface area contributed by atoms with Gasteiger partial charge in [0, 0.05) is 0 Å². The van der Waals surface area contributed by atoms with Gasteiger partial charge in [0.1, 0.15) is 0 Å². The van der Waals surface area contributed by atoms with Gasteiger partial charge >= 0.3 is 0 Å². The fourth-order valence-electron chi connectivity index (χ4n) is 5.31. The molecule has 3 aliphatic rings. The second-order valence-corrected chi connectivity index (χ2v) is 7.99. The van der Waals surface area contributed by atoms with Crippen LogP contribution in [0.4, 0.5) is 0 Å². The van der Waals surface area contributed by atoms with E-state index in [4.69, 9.17) is 0 Å². The molecule has 7 unspecified atom stereocenters. The molecule has 3 aliphatic carbocycles. The maximum atomic E-state index is 10.7. The first-order valence-corrected chi connectivity index (χ1v) is 7.80. The van der Waals surface area contributed by atoms with Crippen molar-refractivity contribution >= 4 is 0 Å². The van der Waals surface area contributed by atoms with Crippen LogP contribution in [-0.2, 0) is 0 Å². The fraction of sp³-hybridized carbons (Fsp3) is 0.882. The number of rotatable bonds is 0. The van der Waals surface area contributed by atoms with Gasteiger partial charge < -0.3 is 10.2 Å². The summed E-state index contributed by atoms with van der Waals surface area (Å²) < 4.78 is 0. The van der Waals surface area contributed by atoms with Crippen LogP contribution >= 0.6 is 0 Å². The third-order valence-electron chi connectivity index (χ3n) is 7.22. The minimum atomic E-state index is -0.752. The lowest BCUT2D eigenvalue weighted by Crippen LogP contribution is -2.61. The van der Waals surface area contributed by atoms with E-state index in [1.165, 1.54) is 6.42 Å². The Morgan fingerprint density at radius 2 is 1.79 bits per heavy atom. The molecule has 19 heavy (non-hydrogen) atoms. The predicted molar refractivity (Wildman–Crippen MR) is 76.5 cm³/mol. The highest BCUT2D eigenvalue weighted by molar-refractivity contribution is 5.28. The first kappa shape index (κ1) is 13.6. The molecule has 0 aromatic carbocycles. The van der Waals surface area contributed by atoms with E-state index in [-0.39, 0.29) is 17.4 Å². The molecule has 3 fully saturated rings. The van der Waals surface area contributed by atoms with Crippen molar-refractivity contribution in [3.05, 3.63) is 12.2 Å². The highest BCUT2D eigenvalue weighted by Gasteiger charge is 2.60. The van der Waals surface area contributed by atoms with E-state index in [0.29, 0.717) is 23.7 Å². The summed E-state index contributed by atoms with van der Waals surface area (Å²) in [6.45, 7) is 12.8. The summed E-state index contributed by atoms with van der Waals surface area (Å²) in [4.78, 5) is 0. The van der Waals surface area contributed by atoms with Crippen molar-refractivity contribution in [2.75, 3.05) is 0 Å². The highest BCUT2D eigenvalue weighted by atomic mass is 16.3. The SMILES string of the molecule is C=C1C(C)(O)C(C)CC2CC3C(C)C(O)[C@@H]3CC12C. The van der Waals surface area contributed by atoms with Crippen LogP contribution in [0.15, 0.2) is 12.2 Å². The molecular weight excluding hydrogens is 236 g/mol. The second-order valence-electron chi connectivity index (χ2n) is 7.99. The summed E-state index contributed by atoms with van der Waals surface area (Å²) in [5.41, 5.74) is 0.269. The third-order valence-corrected chi connectivity index (χ3v) is 7.22. The molecule has 2 N–H and O–H groups in total. The number of hydrogen-bond donors (Lipinski definition) is 2. The van der Waals surface area contributed by atoms with Gasteiger partial charge in [-0.2, -0.15) is 0 Å². The van der Waals surface area contributed by atoms with E-state index < -0.39 is 5.60 Å². The van der Waals surface area contributed by atoms with Crippen LogP contribution < -0.4 is 0 Å². The zero-order chi connectivity index (χ0) is 14.2. The van der Waals surface area contributed by atoms with Crippen molar-refractivity contribution < 1.29 is 10.2 Å². The lowest BCUT2D eigenvalue weighted by molar-refractivity contribution is -0.169. The largest absolute Gasteiger partial charge is 0.393 e. The summed E-state index contributed by atoms with van der Waals surface area (Å²) in [5, 5.41) is 20.9. The molecule has 0 saturated heterocycles. The van der Waals surface area contributed by atoms with Crippen LogP contribution in [0.5, 0.6) is 0 Å². The van der Waals surface area contributed by atoms with Crippen molar-refractivity contribution in [2.24, 2.45) is 35.0 Å². The molecule has 0 aromatic heterocycles. The van der Waals surface area contributed by atoms with Gasteiger partial charge in [0.25, 0.3) is 0 Å². The fourth-order valence-corrected chi connectivity index (χ4v) is 5.31. The minimum Gasteiger partial charge on any atom is -0.393 e. The standard InChI is InChI=1S/C17H28O2/c1-9-6-12-7-13-10(2)15(18)14(13)8-16(12,4)11(3)17(9,5)19/h9-10,12-15,18-19H,3,6-8H2,1-2,4-5H3/t9?,10?,12?,13?,14-,15?,16?,17?/m1/s1. The van der Waals surface area contributed by atoms with Gasteiger partial charge in [-0.1, -0.05) is 27.4 Å². The maximum Gasteiger partial charge on any atom is 0.0857 e. The number of aliphatic hydroxyl groups excluding tert-OH is 1. The zero-order valence-electron chi connectivity index (χ0n) is 12.7. The van der Waals surface area contributed by atoms with Crippen molar-refractivity contribution in [3.63, 3.8) is 0 Å². The summed E-state index contributed by atoms with van der Waals surface area (Å²) in [6.07, 6.45) is 3.17. The molecule has 0 bridgehead atoms. The summed E-state index contributed by atoms with van der Waals surface area (Å²) >= 11 is 0. The Balaban J connectivity index is 1.91. The molecule has 0 heterocycles. The molecule has 0 aliphatic heterocycles. The lowest BCUT2D eigenvalue weighted by atomic mass is 9.43. The topological polar surface area (TPSA) is 40.5 Å². The van der Waals surface area contributed by atoms with Gasteiger partial charge in [0.2, 0.25) is 0 Å². The molecule has 0 radical (unpaired) electrons. The first-order valence-electron chi connectivity index (χ1n) is 7.80. The van der Waals surface area contributed by atoms with Crippen LogP contribution in [0, 0.1) is 35.0 Å². The van der Waals surface area contributed by atoms with Crippen LogP contribution in [-0.4, -0.2) is 21.9 Å². The molecule has 0 amide bonds. The zero-order valence-corrected chi connectivity index (χ0v) is 12.7. The highest BCUT2D eigenvalue weighted by Crippen LogP contribution is 2.64.